The molecule has 0 bridgehead atoms. The number of nitrogens with one attached hydrogen (secondary N) is 1. The highest BCUT2D eigenvalue weighted by Gasteiger charge is 2.36. The van der Waals surface area contributed by atoms with E-state index in [2.05, 4.69) is 31.0 Å². The molecule has 3 heteroatoms. The lowest BCUT2D eigenvalue weighted by atomic mass is 10.1. The van der Waals surface area contributed by atoms with E-state index in [4.69, 9.17) is 0 Å². The van der Waals surface area contributed by atoms with Crippen molar-refractivity contribution in [2.75, 3.05) is 6.54 Å². The van der Waals surface area contributed by atoms with E-state index >= 15 is 0 Å². The Bertz CT molecular complexity index is 280. The van der Waals surface area contributed by atoms with Crippen LogP contribution in [0.25, 0.3) is 0 Å². The van der Waals surface area contributed by atoms with Crippen molar-refractivity contribution in [2.24, 2.45) is 0 Å². The number of carbonyl (C=O) groups excluding carboxylic acids is 1. The lowest BCUT2D eigenvalue weighted by Crippen LogP contribution is -2.37. The van der Waals surface area contributed by atoms with Crippen molar-refractivity contribution in [3.05, 3.63) is 0 Å². The number of rotatable bonds is 12. The van der Waals surface area contributed by atoms with Crippen LogP contribution >= 0.6 is 0 Å². The summed E-state index contributed by atoms with van der Waals surface area (Å²) in [5.74, 6) is 0.332. The maximum absolute atomic E-state index is 12.3. The lowest BCUT2D eigenvalue weighted by molar-refractivity contribution is -0.130. The fraction of sp³-hybridized carbons (Fsp3) is 0.944. The number of nitrogens with zero attached hydrogens (tertiary/aromatic N) is 1. The highest BCUT2D eigenvalue weighted by atomic mass is 16.2. The van der Waals surface area contributed by atoms with Crippen LogP contribution in [0.1, 0.15) is 91.4 Å². The summed E-state index contributed by atoms with van der Waals surface area (Å²) in [6, 6.07) is 0.0654. The number of carbonyl (C=O) groups is 1. The van der Waals surface area contributed by atoms with Gasteiger partial charge in [0.15, 0.2) is 0 Å². The zero-order valence-corrected chi connectivity index (χ0v) is 14.5. The topological polar surface area (TPSA) is 32.3 Å². The lowest BCUT2D eigenvalue weighted by Gasteiger charge is -2.23. The predicted molar refractivity (Wildman–Crippen MR) is 90.2 cm³/mol. The van der Waals surface area contributed by atoms with Crippen molar-refractivity contribution < 1.29 is 4.79 Å². The van der Waals surface area contributed by atoms with Crippen LogP contribution in [0.15, 0.2) is 0 Å². The van der Waals surface area contributed by atoms with Gasteiger partial charge in [-0.3, -0.25) is 10.1 Å². The summed E-state index contributed by atoms with van der Waals surface area (Å²) in [5.41, 5.74) is 0. The van der Waals surface area contributed by atoms with Crippen LogP contribution in [0.3, 0.4) is 0 Å². The van der Waals surface area contributed by atoms with Crippen LogP contribution < -0.4 is 5.32 Å². The first-order valence-corrected chi connectivity index (χ1v) is 9.31. The summed E-state index contributed by atoms with van der Waals surface area (Å²) in [6.07, 6.45) is 14.0. The maximum Gasteiger partial charge on any atom is 0.241 e. The molecular formula is C18H36N2O. The molecule has 124 valence electrons. The minimum absolute atomic E-state index is 0.0654. The smallest absolute Gasteiger partial charge is 0.241 e. The second kappa shape index (κ2) is 11.1. The Labute approximate surface area is 131 Å². The molecule has 0 aromatic rings. The van der Waals surface area contributed by atoms with Gasteiger partial charge in [0.1, 0.15) is 0 Å². The summed E-state index contributed by atoms with van der Waals surface area (Å²) in [6.45, 7) is 7.50. The van der Waals surface area contributed by atoms with E-state index in [1.54, 1.807) is 0 Å². The molecule has 0 saturated carbocycles. The van der Waals surface area contributed by atoms with Gasteiger partial charge in [0.25, 0.3) is 0 Å². The number of hydrogen-bond acceptors (Lipinski definition) is 2. The Balaban J connectivity index is 2.18. The molecule has 0 aromatic heterocycles. The molecule has 2 atom stereocenters. The van der Waals surface area contributed by atoms with E-state index in [-0.39, 0.29) is 12.2 Å². The van der Waals surface area contributed by atoms with E-state index in [1.807, 2.05) is 0 Å². The summed E-state index contributed by atoms with van der Waals surface area (Å²) < 4.78 is 0. The van der Waals surface area contributed by atoms with Crippen molar-refractivity contribution in [1.82, 2.24) is 10.2 Å². The Morgan fingerprint density at radius 2 is 1.52 bits per heavy atom. The third kappa shape index (κ3) is 6.37. The molecule has 1 heterocycles. The molecule has 0 aromatic carbocycles. The minimum atomic E-state index is 0.0654. The van der Waals surface area contributed by atoms with Crippen LogP contribution in [-0.4, -0.2) is 29.6 Å². The fourth-order valence-electron chi connectivity index (χ4n) is 3.23. The standard InChI is InChI=1S/C18H36N2O/c1-4-7-8-9-10-11-12-13-15-20-17(14-5-2)19-16(6-3)18(20)21/h16-17,19H,4-15H2,1-3H3. The Morgan fingerprint density at radius 1 is 0.905 bits per heavy atom. The largest absolute Gasteiger partial charge is 0.326 e. The van der Waals surface area contributed by atoms with E-state index in [0.29, 0.717) is 5.91 Å². The normalized spacial score (nSPS) is 22.2. The second-order valence-corrected chi connectivity index (χ2v) is 6.44. The molecule has 0 radical (unpaired) electrons. The van der Waals surface area contributed by atoms with E-state index in [9.17, 15) is 4.79 Å². The molecule has 0 spiro atoms. The first-order chi connectivity index (χ1) is 10.2. The molecule has 1 saturated heterocycles. The van der Waals surface area contributed by atoms with Gasteiger partial charge in [0.05, 0.1) is 12.2 Å². The average molecular weight is 296 g/mol. The van der Waals surface area contributed by atoms with Crippen molar-refractivity contribution in [3.8, 4) is 0 Å². The second-order valence-electron chi connectivity index (χ2n) is 6.44. The number of unbranched alkanes of at least 4 members (excludes halogenated alkanes) is 7. The quantitative estimate of drug-likeness (QED) is 0.539. The van der Waals surface area contributed by atoms with Crippen LogP contribution in [0.5, 0.6) is 0 Å². The van der Waals surface area contributed by atoms with Gasteiger partial charge in [-0.05, 0) is 19.3 Å². The molecule has 1 rings (SSSR count). The van der Waals surface area contributed by atoms with Crippen molar-refractivity contribution in [1.29, 1.82) is 0 Å². The van der Waals surface area contributed by atoms with Crippen molar-refractivity contribution in [2.45, 2.75) is 104 Å². The Morgan fingerprint density at radius 3 is 2.10 bits per heavy atom. The molecule has 1 fully saturated rings. The third-order valence-corrected chi connectivity index (χ3v) is 4.57. The van der Waals surface area contributed by atoms with E-state index in [0.717, 1.165) is 32.2 Å². The van der Waals surface area contributed by atoms with Crippen LogP contribution in [-0.2, 0) is 4.79 Å². The number of amides is 1. The molecule has 1 amide bonds. The van der Waals surface area contributed by atoms with Crippen molar-refractivity contribution >= 4 is 5.91 Å². The van der Waals surface area contributed by atoms with E-state index < -0.39 is 0 Å². The first kappa shape index (κ1) is 18.5. The third-order valence-electron chi connectivity index (χ3n) is 4.57. The highest BCUT2D eigenvalue weighted by Crippen LogP contribution is 2.18. The van der Waals surface area contributed by atoms with Gasteiger partial charge >= 0.3 is 0 Å². The maximum atomic E-state index is 12.3. The Kier molecular flexibility index (Phi) is 9.73. The van der Waals surface area contributed by atoms with Gasteiger partial charge < -0.3 is 4.90 Å². The predicted octanol–water partition coefficient (Wildman–Crippen LogP) is 4.46. The Hall–Kier alpha value is -0.570. The van der Waals surface area contributed by atoms with Gasteiger partial charge in [0, 0.05) is 6.54 Å². The van der Waals surface area contributed by atoms with Gasteiger partial charge in [0.2, 0.25) is 5.91 Å². The first-order valence-electron chi connectivity index (χ1n) is 9.31. The average Bonchev–Trinajstić information content (AvgIpc) is 2.78. The molecule has 1 N–H and O–H groups in total. The molecule has 1 aliphatic rings. The molecule has 21 heavy (non-hydrogen) atoms. The summed E-state index contributed by atoms with van der Waals surface area (Å²) in [7, 11) is 0. The molecule has 2 unspecified atom stereocenters. The van der Waals surface area contributed by atoms with Gasteiger partial charge in [-0.15, -0.1) is 0 Å². The van der Waals surface area contributed by atoms with Crippen molar-refractivity contribution in [3.63, 3.8) is 0 Å². The highest BCUT2D eigenvalue weighted by molar-refractivity contribution is 5.84. The summed E-state index contributed by atoms with van der Waals surface area (Å²) >= 11 is 0. The zero-order chi connectivity index (χ0) is 15.5. The summed E-state index contributed by atoms with van der Waals surface area (Å²) in [5, 5.41) is 3.49. The minimum Gasteiger partial charge on any atom is -0.326 e. The molecule has 1 aliphatic heterocycles. The zero-order valence-electron chi connectivity index (χ0n) is 14.5. The monoisotopic (exact) mass is 296 g/mol. The van der Waals surface area contributed by atoms with Crippen LogP contribution in [0, 0.1) is 0 Å². The van der Waals surface area contributed by atoms with Crippen LogP contribution in [0.4, 0.5) is 0 Å². The summed E-state index contributed by atoms with van der Waals surface area (Å²) in [4.78, 5) is 14.4. The van der Waals surface area contributed by atoms with Gasteiger partial charge in [-0.2, -0.15) is 0 Å². The molecule has 0 aliphatic carbocycles. The van der Waals surface area contributed by atoms with Crippen LogP contribution in [0.2, 0.25) is 0 Å². The molecule has 3 nitrogen and oxygen atoms in total. The van der Waals surface area contributed by atoms with Gasteiger partial charge in [-0.1, -0.05) is 72.1 Å². The fourth-order valence-corrected chi connectivity index (χ4v) is 3.23. The van der Waals surface area contributed by atoms with E-state index in [1.165, 1.54) is 44.9 Å². The number of hydrogen-bond donors (Lipinski definition) is 1. The molecular weight excluding hydrogens is 260 g/mol. The van der Waals surface area contributed by atoms with Gasteiger partial charge in [-0.25, -0.2) is 0 Å². The SMILES string of the molecule is CCCCCCCCCCN1C(=O)C(CC)NC1CCC.